The number of ether oxygens (including phenoxy) is 1. The van der Waals surface area contributed by atoms with Gasteiger partial charge >= 0.3 is 6.61 Å². The number of rotatable bonds is 8. The summed E-state index contributed by atoms with van der Waals surface area (Å²) in [5, 5.41) is 2.64. The van der Waals surface area contributed by atoms with E-state index < -0.39 is 22.5 Å². The Balaban J connectivity index is 2.02. The highest BCUT2D eigenvalue weighted by atomic mass is 32.2. The lowest BCUT2D eigenvalue weighted by Gasteiger charge is -2.09. The van der Waals surface area contributed by atoms with E-state index in [0.29, 0.717) is 5.56 Å². The summed E-state index contributed by atoms with van der Waals surface area (Å²) in [6, 6.07) is 11.5. The number of carbonyl (C=O) groups excluding carboxylic acids is 1. The summed E-state index contributed by atoms with van der Waals surface area (Å²) in [5.41, 5.74) is 0.873. The number of hydrogen-bond acceptors (Lipinski definition) is 4. The molecule has 0 bridgehead atoms. The van der Waals surface area contributed by atoms with E-state index in [1.165, 1.54) is 36.4 Å². The zero-order valence-electron chi connectivity index (χ0n) is 13.9. The summed E-state index contributed by atoms with van der Waals surface area (Å²) in [6.07, 6.45) is 0. The molecule has 26 heavy (non-hydrogen) atoms. The van der Waals surface area contributed by atoms with Gasteiger partial charge in [-0.05, 0) is 35.9 Å². The molecule has 0 atom stereocenters. The van der Waals surface area contributed by atoms with Crippen LogP contribution in [0.5, 0.6) is 5.75 Å². The first-order valence-electron chi connectivity index (χ1n) is 7.73. The van der Waals surface area contributed by atoms with Crippen molar-refractivity contribution in [3.63, 3.8) is 0 Å². The highest BCUT2D eigenvalue weighted by Crippen LogP contribution is 2.15. The molecule has 2 aromatic rings. The Morgan fingerprint density at radius 2 is 1.85 bits per heavy atom. The van der Waals surface area contributed by atoms with Crippen molar-refractivity contribution in [2.45, 2.75) is 25.0 Å². The van der Waals surface area contributed by atoms with Crippen molar-refractivity contribution in [1.29, 1.82) is 0 Å². The lowest BCUT2D eigenvalue weighted by molar-refractivity contribution is -0.0498. The average molecular weight is 384 g/mol. The zero-order chi connectivity index (χ0) is 19.2. The van der Waals surface area contributed by atoms with Gasteiger partial charge in [-0.2, -0.15) is 8.78 Å². The van der Waals surface area contributed by atoms with Gasteiger partial charge in [-0.25, -0.2) is 13.1 Å². The molecule has 9 heteroatoms. The number of sulfonamides is 1. The Bertz CT molecular complexity index is 855. The normalized spacial score (nSPS) is 11.4. The van der Waals surface area contributed by atoms with Crippen LogP contribution in [0.25, 0.3) is 0 Å². The van der Waals surface area contributed by atoms with Gasteiger partial charge in [0.25, 0.3) is 5.91 Å². The Morgan fingerprint density at radius 3 is 2.46 bits per heavy atom. The van der Waals surface area contributed by atoms with Crippen LogP contribution >= 0.6 is 0 Å². The minimum atomic E-state index is -3.65. The lowest BCUT2D eigenvalue weighted by atomic mass is 10.2. The molecule has 0 fully saturated rings. The first kappa shape index (κ1) is 19.8. The number of carbonyl (C=O) groups is 1. The van der Waals surface area contributed by atoms with Crippen LogP contribution in [0.2, 0.25) is 0 Å². The molecule has 0 aromatic heterocycles. The molecule has 0 aliphatic heterocycles. The van der Waals surface area contributed by atoms with Crippen LogP contribution in [-0.2, 0) is 16.6 Å². The van der Waals surface area contributed by atoms with Gasteiger partial charge in [0.15, 0.2) is 0 Å². The summed E-state index contributed by atoms with van der Waals surface area (Å²) < 4.78 is 54.8. The lowest BCUT2D eigenvalue weighted by Crippen LogP contribution is -2.25. The third kappa shape index (κ3) is 5.50. The van der Waals surface area contributed by atoms with Crippen molar-refractivity contribution >= 4 is 15.9 Å². The van der Waals surface area contributed by atoms with Crippen LogP contribution < -0.4 is 14.8 Å². The van der Waals surface area contributed by atoms with Crippen molar-refractivity contribution in [1.82, 2.24) is 10.0 Å². The van der Waals surface area contributed by atoms with Crippen molar-refractivity contribution in [3.05, 3.63) is 59.7 Å². The van der Waals surface area contributed by atoms with E-state index in [0.717, 1.165) is 0 Å². The Morgan fingerprint density at radius 1 is 1.15 bits per heavy atom. The van der Waals surface area contributed by atoms with Crippen molar-refractivity contribution in [3.8, 4) is 5.75 Å². The smallest absolute Gasteiger partial charge is 0.387 e. The predicted molar refractivity (Wildman–Crippen MR) is 91.5 cm³/mol. The Labute approximate surface area is 150 Å². The predicted octanol–water partition coefficient (Wildman–Crippen LogP) is 2.52. The van der Waals surface area contributed by atoms with Gasteiger partial charge in [0.1, 0.15) is 5.75 Å². The number of halogens is 2. The second kappa shape index (κ2) is 8.72. The molecule has 0 saturated heterocycles. The fourth-order valence-electron chi connectivity index (χ4n) is 2.15. The maximum absolute atomic E-state index is 12.2. The van der Waals surface area contributed by atoms with E-state index >= 15 is 0 Å². The average Bonchev–Trinajstić information content (AvgIpc) is 2.60. The van der Waals surface area contributed by atoms with E-state index in [9.17, 15) is 22.0 Å². The topological polar surface area (TPSA) is 84.5 Å². The van der Waals surface area contributed by atoms with Gasteiger partial charge in [-0.3, -0.25) is 4.79 Å². The molecule has 0 aliphatic rings. The molecule has 0 unspecified atom stereocenters. The minimum Gasteiger partial charge on any atom is -0.435 e. The van der Waals surface area contributed by atoms with Crippen LogP contribution in [0.1, 0.15) is 22.8 Å². The summed E-state index contributed by atoms with van der Waals surface area (Å²) in [6.45, 7) is -0.848. The maximum Gasteiger partial charge on any atom is 0.387 e. The zero-order valence-corrected chi connectivity index (χ0v) is 14.7. The molecule has 6 nitrogen and oxygen atoms in total. The third-order valence-electron chi connectivity index (χ3n) is 3.34. The number of nitrogens with one attached hydrogen (secondary N) is 2. The van der Waals surface area contributed by atoms with Crippen molar-refractivity contribution in [2.24, 2.45) is 0 Å². The molecule has 2 N–H and O–H groups in total. The van der Waals surface area contributed by atoms with Gasteiger partial charge < -0.3 is 10.1 Å². The highest BCUT2D eigenvalue weighted by Gasteiger charge is 2.15. The van der Waals surface area contributed by atoms with E-state index in [-0.39, 0.29) is 29.3 Å². The summed E-state index contributed by atoms with van der Waals surface area (Å²) in [5.74, 6) is -0.428. The van der Waals surface area contributed by atoms with E-state index in [4.69, 9.17) is 0 Å². The molecule has 0 saturated carbocycles. The van der Waals surface area contributed by atoms with Gasteiger partial charge in [0, 0.05) is 18.7 Å². The molecule has 2 aromatic carbocycles. The fourth-order valence-corrected chi connectivity index (χ4v) is 3.24. The second-order valence-electron chi connectivity index (χ2n) is 5.23. The summed E-state index contributed by atoms with van der Waals surface area (Å²) >= 11 is 0. The number of hydrogen-bond donors (Lipinski definition) is 2. The monoisotopic (exact) mass is 384 g/mol. The molecule has 140 valence electrons. The van der Waals surface area contributed by atoms with E-state index in [1.807, 2.05) is 0 Å². The van der Waals surface area contributed by atoms with Gasteiger partial charge in [-0.1, -0.05) is 25.1 Å². The number of alkyl halides is 2. The van der Waals surface area contributed by atoms with Crippen molar-refractivity contribution < 1.29 is 26.7 Å². The highest BCUT2D eigenvalue weighted by molar-refractivity contribution is 7.89. The van der Waals surface area contributed by atoms with E-state index in [2.05, 4.69) is 14.8 Å². The largest absolute Gasteiger partial charge is 0.435 e. The summed E-state index contributed by atoms with van der Waals surface area (Å²) in [4.78, 5) is 12.2. The Kier molecular flexibility index (Phi) is 6.64. The van der Waals surface area contributed by atoms with Gasteiger partial charge in [0.2, 0.25) is 10.0 Å². The van der Waals surface area contributed by atoms with Crippen LogP contribution in [0.4, 0.5) is 8.78 Å². The Hall–Kier alpha value is -2.52. The fraction of sp³-hybridized carbons (Fsp3) is 0.235. The molecule has 2 rings (SSSR count). The number of benzene rings is 2. The molecule has 1 amide bonds. The van der Waals surface area contributed by atoms with Crippen LogP contribution in [0.15, 0.2) is 53.4 Å². The van der Waals surface area contributed by atoms with Gasteiger partial charge in [-0.15, -0.1) is 0 Å². The van der Waals surface area contributed by atoms with E-state index in [1.54, 1.807) is 19.1 Å². The molecular weight excluding hydrogens is 366 g/mol. The standard InChI is InChI=1S/C17H18F2N2O4S/c1-2-21-26(23,24)15-5-3-4-13(10-15)16(22)20-11-12-6-8-14(9-7-12)25-17(18)19/h3-10,17,21H,2,11H2,1H3,(H,20,22). The van der Waals surface area contributed by atoms with Crippen LogP contribution in [-0.4, -0.2) is 27.5 Å². The van der Waals surface area contributed by atoms with Gasteiger partial charge in [0.05, 0.1) is 4.90 Å². The SMILES string of the molecule is CCNS(=O)(=O)c1cccc(C(=O)NCc2ccc(OC(F)F)cc2)c1. The maximum atomic E-state index is 12.2. The van der Waals surface area contributed by atoms with Crippen molar-refractivity contribution in [2.75, 3.05) is 6.54 Å². The molecular formula is C17H18F2N2O4S. The molecule has 0 spiro atoms. The first-order chi connectivity index (χ1) is 12.3. The summed E-state index contributed by atoms with van der Waals surface area (Å²) in [7, 11) is -3.65. The van der Waals surface area contributed by atoms with Crippen LogP contribution in [0, 0.1) is 0 Å². The molecule has 0 radical (unpaired) electrons. The minimum absolute atomic E-state index is 0.000464. The quantitative estimate of drug-likeness (QED) is 0.733. The number of amides is 1. The van der Waals surface area contributed by atoms with Crippen LogP contribution in [0.3, 0.4) is 0 Å². The molecule has 0 aliphatic carbocycles. The third-order valence-corrected chi connectivity index (χ3v) is 4.89. The second-order valence-corrected chi connectivity index (χ2v) is 7.00. The molecule has 0 heterocycles. The first-order valence-corrected chi connectivity index (χ1v) is 9.22.